The molecule has 0 spiro atoms. The number of ether oxygens (including phenoxy) is 2. The average molecular weight is 468 g/mol. The summed E-state index contributed by atoms with van der Waals surface area (Å²) in [6, 6.07) is 20.2. The SMILES string of the molecule is CCOC(=O)[C@H](Cc1ccccc1)N=[P+]([O-])Oc1ccccc1Oc1ccc([N+](=O)[O-])cc1. The Morgan fingerprint density at radius 2 is 1.64 bits per heavy atom. The number of para-hydroxylation sites is 2. The Labute approximate surface area is 191 Å². The first kappa shape index (κ1) is 23.8. The quantitative estimate of drug-likeness (QED) is 0.181. The van der Waals surface area contributed by atoms with Crippen LogP contribution in [-0.4, -0.2) is 23.5 Å². The standard InChI is InChI=1S/C23H21N2O7P/c1-2-30-23(26)20(16-17-8-4-3-5-9-17)24-33(29)32-22-11-7-6-10-21(22)31-19-14-12-18(13-15-19)25(27)28/h3-15,20H,2,16H2,1H3/t20-/m0/s1. The van der Waals surface area contributed by atoms with E-state index in [2.05, 4.69) is 4.74 Å². The molecule has 0 amide bonds. The number of hydrogen-bond acceptors (Lipinski definition) is 8. The van der Waals surface area contributed by atoms with Crippen molar-refractivity contribution in [2.24, 2.45) is 4.74 Å². The highest BCUT2D eigenvalue weighted by molar-refractivity contribution is 7.34. The van der Waals surface area contributed by atoms with Crippen LogP contribution in [0.1, 0.15) is 12.5 Å². The number of hydrogen-bond donors (Lipinski definition) is 0. The van der Waals surface area contributed by atoms with Gasteiger partial charge in [0.1, 0.15) is 5.75 Å². The minimum Gasteiger partial charge on any atom is -0.575 e. The van der Waals surface area contributed by atoms with Crippen LogP contribution >= 0.6 is 8.17 Å². The lowest BCUT2D eigenvalue weighted by Gasteiger charge is -2.11. The lowest BCUT2D eigenvalue weighted by atomic mass is 10.1. The number of nitro benzene ring substituents is 1. The van der Waals surface area contributed by atoms with Crippen LogP contribution in [0, 0.1) is 10.1 Å². The Bertz CT molecular complexity index is 1120. The molecule has 0 saturated carbocycles. The average Bonchev–Trinajstić information content (AvgIpc) is 2.81. The molecule has 0 N–H and O–H groups in total. The van der Waals surface area contributed by atoms with E-state index in [1.807, 2.05) is 30.3 Å². The summed E-state index contributed by atoms with van der Waals surface area (Å²) in [6.07, 6.45) is 0.213. The van der Waals surface area contributed by atoms with Gasteiger partial charge in [-0.3, -0.25) is 14.6 Å². The molecular formula is C23H21N2O7P. The summed E-state index contributed by atoms with van der Waals surface area (Å²) >= 11 is 0. The van der Waals surface area contributed by atoms with Crippen LogP contribution < -0.4 is 14.2 Å². The maximum atomic E-state index is 12.7. The Morgan fingerprint density at radius 1 is 1.00 bits per heavy atom. The van der Waals surface area contributed by atoms with Gasteiger partial charge in [0.15, 0.2) is 11.8 Å². The van der Waals surface area contributed by atoms with Crippen molar-refractivity contribution in [2.45, 2.75) is 19.4 Å². The van der Waals surface area contributed by atoms with Crippen molar-refractivity contribution in [2.75, 3.05) is 6.61 Å². The Morgan fingerprint density at radius 3 is 2.27 bits per heavy atom. The summed E-state index contributed by atoms with van der Waals surface area (Å²) in [7, 11) is -2.64. The third-order valence-electron chi connectivity index (χ3n) is 4.37. The molecule has 0 aliphatic heterocycles. The van der Waals surface area contributed by atoms with Crippen molar-refractivity contribution in [1.82, 2.24) is 0 Å². The summed E-state index contributed by atoms with van der Waals surface area (Å²) in [6.45, 7) is 1.85. The Balaban J connectivity index is 1.77. The van der Waals surface area contributed by atoms with Gasteiger partial charge in [0, 0.05) is 18.6 Å². The van der Waals surface area contributed by atoms with Crippen molar-refractivity contribution < 1.29 is 28.6 Å². The number of rotatable bonds is 10. The van der Waals surface area contributed by atoms with E-state index in [9.17, 15) is 19.8 Å². The van der Waals surface area contributed by atoms with E-state index >= 15 is 0 Å². The van der Waals surface area contributed by atoms with Gasteiger partial charge in [0.2, 0.25) is 5.75 Å². The molecule has 0 heterocycles. The third-order valence-corrected chi connectivity index (χ3v) is 5.19. The van der Waals surface area contributed by atoms with Crippen LogP contribution in [0.25, 0.3) is 0 Å². The number of nitro groups is 1. The summed E-state index contributed by atoms with van der Waals surface area (Å²) in [5, 5.41) is 10.8. The van der Waals surface area contributed by atoms with Crippen LogP contribution in [0.15, 0.2) is 83.6 Å². The Kier molecular flexibility index (Phi) is 8.46. The molecule has 3 aromatic rings. The lowest BCUT2D eigenvalue weighted by Crippen LogP contribution is -2.24. The molecule has 0 bridgehead atoms. The van der Waals surface area contributed by atoms with Gasteiger partial charge in [-0.2, -0.15) is 0 Å². The zero-order valence-corrected chi connectivity index (χ0v) is 18.6. The molecule has 9 nitrogen and oxygen atoms in total. The molecule has 0 aromatic heterocycles. The highest BCUT2D eigenvalue weighted by Gasteiger charge is 2.25. The van der Waals surface area contributed by atoms with E-state index in [0.29, 0.717) is 5.75 Å². The third kappa shape index (κ3) is 7.10. The lowest BCUT2D eigenvalue weighted by molar-refractivity contribution is -0.384. The summed E-state index contributed by atoms with van der Waals surface area (Å²) in [4.78, 5) is 35.3. The van der Waals surface area contributed by atoms with Crippen molar-refractivity contribution in [3.63, 3.8) is 0 Å². The molecular weight excluding hydrogens is 447 g/mol. The predicted molar refractivity (Wildman–Crippen MR) is 120 cm³/mol. The second kappa shape index (κ2) is 11.7. The normalized spacial score (nSPS) is 12.0. The summed E-state index contributed by atoms with van der Waals surface area (Å²) < 4.78 is 20.3. The van der Waals surface area contributed by atoms with Crippen LogP contribution in [0.5, 0.6) is 17.2 Å². The van der Waals surface area contributed by atoms with E-state index in [4.69, 9.17) is 14.0 Å². The number of carbonyl (C=O) groups is 1. The van der Waals surface area contributed by atoms with Gasteiger partial charge in [-0.25, -0.2) is 4.79 Å². The first-order chi connectivity index (χ1) is 16.0. The van der Waals surface area contributed by atoms with E-state index < -0.39 is 25.1 Å². The van der Waals surface area contributed by atoms with Gasteiger partial charge >= 0.3 is 14.1 Å². The van der Waals surface area contributed by atoms with Gasteiger partial charge in [-0.05, 0) is 36.8 Å². The molecule has 0 radical (unpaired) electrons. The van der Waals surface area contributed by atoms with E-state index in [-0.39, 0.29) is 30.2 Å². The highest BCUT2D eigenvalue weighted by Crippen LogP contribution is 2.36. The second-order valence-corrected chi connectivity index (χ2v) is 7.59. The van der Waals surface area contributed by atoms with Crippen LogP contribution in [0.4, 0.5) is 5.69 Å². The van der Waals surface area contributed by atoms with E-state index in [1.165, 1.54) is 24.3 Å². The van der Waals surface area contributed by atoms with Crippen molar-refractivity contribution in [3.8, 4) is 17.2 Å². The van der Waals surface area contributed by atoms with Crippen LogP contribution in [0.3, 0.4) is 0 Å². The Hall–Kier alpha value is -3.81. The molecule has 1 unspecified atom stereocenters. The largest absolute Gasteiger partial charge is 0.575 e. The first-order valence-electron chi connectivity index (χ1n) is 10.0. The second-order valence-electron chi connectivity index (χ2n) is 6.70. The van der Waals surface area contributed by atoms with Crippen LogP contribution in [0.2, 0.25) is 0 Å². The molecule has 170 valence electrons. The van der Waals surface area contributed by atoms with Crippen molar-refractivity contribution in [3.05, 3.63) is 94.5 Å². The number of benzene rings is 3. The molecule has 0 saturated heterocycles. The van der Waals surface area contributed by atoms with Crippen molar-refractivity contribution >= 4 is 19.8 Å². The molecule has 0 aliphatic carbocycles. The minimum absolute atomic E-state index is 0.0720. The number of carbonyl (C=O) groups excluding carboxylic acids is 1. The van der Waals surface area contributed by atoms with E-state index in [1.54, 1.807) is 31.2 Å². The fourth-order valence-corrected chi connectivity index (χ4v) is 3.61. The molecule has 33 heavy (non-hydrogen) atoms. The maximum Gasteiger partial charge on any atom is 0.395 e. The molecule has 10 heteroatoms. The molecule has 0 aliphatic rings. The molecule has 0 fully saturated rings. The maximum absolute atomic E-state index is 12.7. The zero-order chi connectivity index (χ0) is 23.6. The number of esters is 1. The highest BCUT2D eigenvalue weighted by atomic mass is 31.1. The van der Waals surface area contributed by atoms with Gasteiger partial charge in [0.25, 0.3) is 5.69 Å². The minimum atomic E-state index is -2.64. The summed E-state index contributed by atoms with van der Waals surface area (Å²) in [5.41, 5.74) is 0.766. The van der Waals surface area contributed by atoms with Gasteiger partial charge in [-0.15, -0.1) is 0 Å². The topological polar surface area (TPSA) is 123 Å². The monoisotopic (exact) mass is 468 g/mol. The fourth-order valence-electron chi connectivity index (χ4n) is 2.84. The van der Waals surface area contributed by atoms with Gasteiger partial charge < -0.3 is 14.4 Å². The number of nitrogens with zero attached hydrogens (tertiary/aromatic N) is 2. The molecule has 3 aromatic carbocycles. The van der Waals surface area contributed by atoms with E-state index in [0.717, 1.165) is 5.56 Å². The fraction of sp³-hybridized carbons (Fsp3) is 0.174. The van der Waals surface area contributed by atoms with Gasteiger partial charge in [0.05, 0.1) is 11.5 Å². The smallest absolute Gasteiger partial charge is 0.395 e. The van der Waals surface area contributed by atoms with Gasteiger partial charge in [-0.1, -0.05) is 47.2 Å². The van der Waals surface area contributed by atoms with Crippen molar-refractivity contribution in [1.29, 1.82) is 0 Å². The molecule has 3 rings (SSSR count). The molecule has 2 atom stereocenters. The van der Waals surface area contributed by atoms with Crippen LogP contribution in [-0.2, 0) is 16.0 Å². The number of non-ortho nitro benzene ring substituents is 1. The summed E-state index contributed by atoms with van der Waals surface area (Å²) in [5.74, 6) is 0.115. The predicted octanol–water partition coefficient (Wildman–Crippen LogP) is 4.80. The first-order valence-corrected chi connectivity index (χ1v) is 11.2. The zero-order valence-electron chi connectivity index (χ0n) is 17.7.